The van der Waals surface area contributed by atoms with Crippen LogP contribution < -0.4 is 11.3 Å². The van der Waals surface area contributed by atoms with Gasteiger partial charge in [0, 0.05) is 0 Å². The Kier molecular flexibility index (Phi) is 7.90. The first kappa shape index (κ1) is 14.9. The molecular formula is C4H6F3IN2O3. The topological polar surface area (TPSA) is 92.4 Å². The molecule has 0 aromatic rings. The molecule has 0 aromatic carbocycles. The number of hydrogen-bond donors (Lipinski definition) is 3. The second-order valence-electron chi connectivity index (χ2n) is 1.50. The van der Waals surface area contributed by atoms with E-state index in [0.717, 1.165) is 0 Å². The average molecular weight is 314 g/mol. The molecule has 0 saturated heterocycles. The number of nitrogens with two attached hydrogens (primary N) is 1. The molecule has 1 amide bonds. The van der Waals surface area contributed by atoms with E-state index in [4.69, 9.17) is 9.90 Å². The summed E-state index contributed by atoms with van der Waals surface area (Å²) in [5.41, 5.74) is 1.97. The summed E-state index contributed by atoms with van der Waals surface area (Å²) in [6.07, 6.45) is -5.08. The van der Waals surface area contributed by atoms with Crippen LogP contribution in [0.4, 0.5) is 13.2 Å². The molecule has 0 rings (SSSR count). The number of hydrazine groups is 1. The molecule has 0 aliphatic rings. The average Bonchev–Trinajstić information content (AvgIpc) is 2.02. The molecule has 0 aliphatic heterocycles. The summed E-state index contributed by atoms with van der Waals surface area (Å²) in [7, 11) is 0. The van der Waals surface area contributed by atoms with Gasteiger partial charge >= 0.3 is 12.1 Å². The molecular weight excluding hydrogens is 308 g/mol. The quantitative estimate of drug-likeness (QED) is 0.210. The van der Waals surface area contributed by atoms with Gasteiger partial charge in [0.15, 0.2) is 0 Å². The highest BCUT2D eigenvalue weighted by Gasteiger charge is 2.38. The summed E-state index contributed by atoms with van der Waals surface area (Å²) >= 11 is 1.92. The van der Waals surface area contributed by atoms with Gasteiger partial charge in [0.25, 0.3) is 0 Å². The molecule has 13 heavy (non-hydrogen) atoms. The van der Waals surface area contributed by atoms with Crippen LogP contribution in [0.2, 0.25) is 0 Å². The number of hydrogen-bond acceptors (Lipinski definition) is 3. The summed E-state index contributed by atoms with van der Waals surface area (Å²) in [5.74, 6) is 1.78. The van der Waals surface area contributed by atoms with E-state index in [-0.39, 0.29) is 5.91 Å². The molecule has 0 atom stereocenters. The van der Waals surface area contributed by atoms with Crippen LogP contribution in [-0.4, -0.2) is 27.6 Å². The number of nitrogens with one attached hydrogen (secondary N) is 1. The predicted octanol–water partition coefficient (Wildman–Crippen LogP) is 0.0446. The van der Waals surface area contributed by atoms with E-state index < -0.39 is 12.1 Å². The number of rotatable bonds is 1. The second kappa shape index (κ2) is 6.88. The molecule has 0 spiro atoms. The van der Waals surface area contributed by atoms with Crippen LogP contribution in [0.5, 0.6) is 0 Å². The number of carboxylic acids is 1. The van der Waals surface area contributed by atoms with Gasteiger partial charge in [-0.05, 0) is 0 Å². The van der Waals surface area contributed by atoms with E-state index in [9.17, 15) is 18.0 Å². The first-order chi connectivity index (χ1) is 5.75. The molecule has 0 fully saturated rings. The highest BCUT2D eigenvalue weighted by molar-refractivity contribution is 14.1. The van der Waals surface area contributed by atoms with Crippen molar-refractivity contribution in [3.8, 4) is 0 Å². The predicted molar refractivity (Wildman–Crippen MR) is 44.9 cm³/mol. The van der Waals surface area contributed by atoms with Crippen molar-refractivity contribution >= 4 is 34.5 Å². The van der Waals surface area contributed by atoms with Gasteiger partial charge in [0.1, 0.15) is 0 Å². The van der Waals surface area contributed by atoms with Gasteiger partial charge in [-0.3, -0.25) is 10.2 Å². The maximum absolute atomic E-state index is 10.6. The zero-order valence-electron chi connectivity index (χ0n) is 6.06. The van der Waals surface area contributed by atoms with Gasteiger partial charge in [-0.2, -0.15) is 13.2 Å². The molecule has 0 aromatic heterocycles. The van der Waals surface area contributed by atoms with Crippen molar-refractivity contribution in [2.75, 3.05) is 4.43 Å². The van der Waals surface area contributed by atoms with Gasteiger partial charge in [-0.25, -0.2) is 10.6 Å². The second-order valence-corrected chi connectivity index (χ2v) is 2.27. The van der Waals surface area contributed by atoms with E-state index in [1.165, 1.54) is 0 Å². The number of carbonyl (C=O) groups excluding carboxylic acids is 1. The van der Waals surface area contributed by atoms with Crippen molar-refractivity contribution in [2.24, 2.45) is 5.84 Å². The largest absolute Gasteiger partial charge is 0.490 e. The fourth-order valence-corrected chi connectivity index (χ4v) is 0.259. The van der Waals surface area contributed by atoms with Crippen molar-refractivity contribution in [2.45, 2.75) is 6.18 Å². The van der Waals surface area contributed by atoms with Crippen molar-refractivity contribution in [3.63, 3.8) is 0 Å². The standard InChI is InChI=1S/C2HF3O2.C2H5IN2O/c3-2(4,5)1(6)7;3-1-2(6)5-4/h(H,6,7);1,4H2,(H,5,6). The van der Waals surface area contributed by atoms with Crippen LogP contribution in [0.3, 0.4) is 0 Å². The lowest BCUT2D eigenvalue weighted by molar-refractivity contribution is -0.192. The lowest BCUT2D eigenvalue weighted by Crippen LogP contribution is -2.30. The highest BCUT2D eigenvalue weighted by Crippen LogP contribution is 2.13. The van der Waals surface area contributed by atoms with Crippen LogP contribution in [0.15, 0.2) is 0 Å². The third-order valence-corrected chi connectivity index (χ3v) is 1.22. The molecule has 0 aliphatic carbocycles. The summed E-state index contributed by atoms with van der Waals surface area (Å²) < 4.78 is 32.2. The summed E-state index contributed by atoms with van der Waals surface area (Å²) in [6, 6.07) is 0. The molecule has 0 radical (unpaired) electrons. The number of aliphatic carboxylic acids is 1. The maximum Gasteiger partial charge on any atom is 0.490 e. The fourth-order valence-electron chi connectivity index (χ4n) is 0.0386. The maximum atomic E-state index is 10.6. The Balaban J connectivity index is 0. The molecule has 0 bridgehead atoms. The minimum absolute atomic E-state index is 0.143. The van der Waals surface area contributed by atoms with E-state index in [1.54, 1.807) is 0 Å². The smallest absolute Gasteiger partial charge is 0.475 e. The van der Waals surface area contributed by atoms with Crippen LogP contribution in [0.25, 0.3) is 0 Å². The first-order valence-corrected chi connectivity index (χ1v) is 4.13. The SMILES string of the molecule is NNC(=O)CI.O=C(O)C(F)(F)F. The molecule has 0 saturated carbocycles. The van der Waals surface area contributed by atoms with Crippen molar-refractivity contribution < 1.29 is 27.9 Å². The van der Waals surface area contributed by atoms with Gasteiger partial charge in [-0.1, -0.05) is 22.6 Å². The molecule has 0 unspecified atom stereocenters. The summed E-state index contributed by atoms with van der Waals surface area (Å²) in [5, 5.41) is 7.12. The number of halogens is 4. The monoisotopic (exact) mass is 314 g/mol. The normalized spacial score (nSPS) is 9.62. The Bertz CT molecular complexity index is 178. The molecule has 4 N–H and O–H groups in total. The van der Waals surface area contributed by atoms with E-state index in [1.807, 2.05) is 28.0 Å². The Morgan fingerprint density at radius 3 is 1.77 bits per heavy atom. The Labute approximate surface area is 84.6 Å². The van der Waals surface area contributed by atoms with E-state index in [0.29, 0.717) is 4.43 Å². The van der Waals surface area contributed by atoms with Crippen molar-refractivity contribution in [1.29, 1.82) is 0 Å². The number of alkyl halides is 4. The minimum Gasteiger partial charge on any atom is -0.475 e. The zero-order valence-corrected chi connectivity index (χ0v) is 8.22. The number of carbonyl (C=O) groups is 2. The third-order valence-electron chi connectivity index (χ3n) is 0.525. The van der Waals surface area contributed by atoms with Crippen LogP contribution >= 0.6 is 22.6 Å². The Hall–Kier alpha value is -0.580. The number of carboxylic acid groups (broad SMARTS) is 1. The zero-order chi connectivity index (χ0) is 11.1. The summed E-state index contributed by atoms with van der Waals surface area (Å²) in [4.78, 5) is 18.8. The van der Waals surface area contributed by atoms with Crippen molar-refractivity contribution in [1.82, 2.24) is 5.43 Å². The van der Waals surface area contributed by atoms with Gasteiger partial charge in [0.2, 0.25) is 5.91 Å². The van der Waals surface area contributed by atoms with Crippen LogP contribution in [-0.2, 0) is 9.59 Å². The van der Waals surface area contributed by atoms with Crippen LogP contribution in [0.1, 0.15) is 0 Å². The van der Waals surface area contributed by atoms with Gasteiger partial charge in [0.05, 0.1) is 4.43 Å². The third kappa shape index (κ3) is 11.4. The van der Waals surface area contributed by atoms with Crippen molar-refractivity contribution in [3.05, 3.63) is 0 Å². The van der Waals surface area contributed by atoms with Gasteiger partial charge < -0.3 is 5.11 Å². The molecule has 0 heterocycles. The Morgan fingerprint density at radius 1 is 1.46 bits per heavy atom. The van der Waals surface area contributed by atoms with E-state index >= 15 is 0 Å². The fraction of sp³-hybridized carbons (Fsp3) is 0.500. The molecule has 9 heteroatoms. The molecule has 78 valence electrons. The number of amides is 1. The highest BCUT2D eigenvalue weighted by atomic mass is 127. The van der Waals surface area contributed by atoms with Gasteiger partial charge in [-0.15, -0.1) is 0 Å². The lowest BCUT2D eigenvalue weighted by atomic mass is 10.7. The molecule has 5 nitrogen and oxygen atoms in total. The van der Waals surface area contributed by atoms with Crippen LogP contribution in [0, 0.1) is 0 Å². The van der Waals surface area contributed by atoms with E-state index in [2.05, 4.69) is 5.84 Å². The lowest BCUT2D eigenvalue weighted by Gasteiger charge is -1.93. The minimum atomic E-state index is -5.08. The Morgan fingerprint density at radius 2 is 1.77 bits per heavy atom. The first-order valence-electron chi connectivity index (χ1n) is 2.61. The summed E-state index contributed by atoms with van der Waals surface area (Å²) in [6.45, 7) is 0.